The highest BCUT2D eigenvalue weighted by molar-refractivity contribution is 5.77. The predicted octanol–water partition coefficient (Wildman–Crippen LogP) is 1.71. The Morgan fingerprint density at radius 3 is 2.35 bits per heavy atom. The van der Waals surface area contributed by atoms with Gasteiger partial charge in [-0.25, -0.2) is 0 Å². The molecule has 0 aromatic carbocycles. The van der Waals surface area contributed by atoms with Crippen molar-refractivity contribution < 1.29 is 14.3 Å². The van der Waals surface area contributed by atoms with Crippen LogP contribution in [0.25, 0.3) is 0 Å². The van der Waals surface area contributed by atoms with Crippen LogP contribution in [0.4, 0.5) is 0 Å². The first-order valence-corrected chi connectivity index (χ1v) is 7.87. The molecule has 1 N–H and O–H groups in total. The fourth-order valence-corrected chi connectivity index (χ4v) is 2.42. The van der Waals surface area contributed by atoms with Gasteiger partial charge in [0.1, 0.15) is 0 Å². The Balaban J connectivity index is 2.07. The molecule has 1 rings (SSSR count). The smallest absolute Gasteiger partial charge is 0.307 e. The van der Waals surface area contributed by atoms with E-state index in [0.717, 1.165) is 19.6 Å². The van der Waals surface area contributed by atoms with Gasteiger partial charge < -0.3 is 15.0 Å². The lowest BCUT2D eigenvalue weighted by Gasteiger charge is -2.24. The van der Waals surface area contributed by atoms with Gasteiger partial charge in [-0.1, -0.05) is 19.3 Å². The Morgan fingerprint density at radius 1 is 1.05 bits per heavy atom. The van der Waals surface area contributed by atoms with E-state index in [0.29, 0.717) is 19.6 Å². The molecule has 0 radical (unpaired) electrons. The van der Waals surface area contributed by atoms with Crippen LogP contribution in [0.2, 0.25) is 0 Å². The Labute approximate surface area is 122 Å². The summed E-state index contributed by atoms with van der Waals surface area (Å²) in [7, 11) is 0. The molecule has 0 aromatic rings. The van der Waals surface area contributed by atoms with E-state index < -0.39 is 0 Å². The van der Waals surface area contributed by atoms with E-state index in [-0.39, 0.29) is 18.3 Å². The van der Waals surface area contributed by atoms with E-state index in [1.165, 1.54) is 32.1 Å². The van der Waals surface area contributed by atoms with E-state index in [2.05, 4.69) is 10.2 Å². The summed E-state index contributed by atoms with van der Waals surface area (Å²) in [5.74, 6) is -0.229. The Kier molecular flexibility index (Phi) is 9.04. The number of nitrogens with zero attached hydrogens (tertiary/aromatic N) is 1. The molecule has 1 saturated heterocycles. The first kappa shape index (κ1) is 17.0. The van der Waals surface area contributed by atoms with Gasteiger partial charge in [0.2, 0.25) is 5.91 Å². The molecule has 1 heterocycles. The maximum atomic E-state index is 11.7. The normalized spacial score (nSPS) is 17.1. The van der Waals surface area contributed by atoms with Gasteiger partial charge in [-0.3, -0.25) is 9.59 Å². The summed E-state index contributed by atoms with van der Waals surface area (Å²) in [4.78, 5) is 25.2. The first-order valence-electron chi connectivity index (χ1n) is 7.87. The quantitative estimate of drug-likeness (QED) is 0.723. The van der Waals surface area contributed by atoms with E-state index >= 15 is 0 Å². The third-order valence-electron chi connectivity index (χ3n) is 3.56. The van der Waals surface area contributed by atoms with Gasteiger partial charge in [0, 0.05) is 19.5 Å². The Bertz CT molecular complexity index is 287. The molecule has 1 fully saturated rings. The van der Waals surface area contributed by atoms with Crippen molar-refractivity contribution in [3.05, 3.63) is 0 Å². The van der Waals surface area contributed by atoms with E-state index in [9.17, 15) is 9.59 Å². The van der Waals surface area contributed by atoms with Crippen LogP contribution in [0.1, 0.15) is 51.9 Å². The zero-order valence-corrected chi connectivity index (χ0v) is 12.7. The second-order valence-corrected chi connectivity index (χ2v) is 5.26. The van der Waals surface area contributed by atoms with Crippen LogP contribution >= 0.6 is 0 Å². The lowest BCUT2D eigenvalue weighted by molar-refractivity contribution is -0.143. The zero-order chi connectivity index (χ0) is 14.6. The molecule has 0 spiro atoms. The van der Waals surface area contributed by atoms with Crippen LogP contribution in [-0.4, -0.2) is 49.6 Å². The van der Waals surface area contributed by atoms with Crippen LogP contribution in [0.15, 0.2) is 0 Å². The minimum Gasteiger partial charge on any atom is -0.466 e. The number of hydrogen-bond donors (Lipinski definition) is 1. The average Bonchev–Trinajstić information content (AvgIpc) is 2.37. The van der Waals surface area contributed by atoms with Gasteiger partial charge in [0.15, 0.2) is 0 Å². The van der Waals surface area contributed by atoms with E-state index in [1.54, 1.807) is 6.92 Å². The fourth-order valence-electron chi connectivity index (χ4n) is 2.42. The third-order valence-corrected chi connectivity index (χ3v) is 3.56. The van der Waals surface area contributed by atoms with Gasteiger partial charge in [0.25, 0.3) is 0 Å². The fraction of sp³-hybridized carbons (Fsp3) is 0.867. The lowest BCUT2D eigenvalue weighted by Crippen LogP contribution is -2.33. The van der Waals surface area contributed by atoms with Crippen molar-refractivity contribution in [1.82, 2.24) is 10.2 Å². The summed E-state index contributed by atoms with van der Waals surface area (Å²) in [6, 6.07) is 0. The van der Waals surface area contributed by atoms with Gasteiger partial charge in [0.05, 0.1) is 13.0 Å². The molecule has 1 aliphatic heterocycles. The summed E-state index contributed by atoms with van der Waals surface area (Å²) in [5, 5.41) is 2.77. The zero-order valence-electron chi connectivity index (χ0n) is 12.7. The molecule has 0 aliphatic carbocycles. The van der Waals surface area contributed by atoms with Crippen molar-refractivity contribution in [3.8, 4) is 0 Å². The predicted molar refractivity (Wildman–Crippen MR) is 78.4 cm³/mol. The standard InChI is InChI=1S/C15H28N2O3/c1-2-20-15(19)8-10-16-14(18)9-13-17-11-6-4-3-5-7-12-17/h2-13H2,1H3,(H,16,18). The minimum atomic E-state index is -0.253. The summed E-state index contributed by atoms with van der Waals surface area (Å²) in [6.07, 6.45) is 7.22. The number of amides is 1. The number of carbonyl (C=O) groups excluding carboxylic acids is 2. The Hall–Kier alpha value is -1.10. The summed E-state index contributed by atoms with van der Waals surface area (Å²) in [5.41, 5.74) is 0. The molecule has 1 aliphatic rings. The van der Waals surface area contributed by atoms with Gasteiger partial charge >= 0.3 is 5.97 Å². The molecule has 0 saturated carbocycles. The maximum Gasteiger partial charge on any atom is 0.307 e. The highest BCUT2D eigenvalue weighted by Gasteiger charge is 2.10. The number of carbonyl (C=O) groups is 2. The second kappa shape index (κ2) is 10.7. The molecule has 116 valence electrons. The summed E-state index contributed by atoms with van der Waals surface area (Å²) >= 11 is 0. The van der Waals surface area contributed by atoms with Crippen molar-refractivity contribution in [2.24, 2.45) is 0 Å². The number of nitrogens with one attached hydrogen (secondary N) is 1. The number of ether oxygens (including phenoxy) is 1. The molecule has 5 nitrogen and oxygen atoms in total. The van der Waals surface area contributed by atoms with Gasteiger partial charge in [-0.05, 0) is 32.9 Å². The van der Waals surface area contributed by atoms with Crippen LogP contribution < -0.4 is 5.32 Å². The maximum absolute atomic E-state index is 11.7. The monoisotopic (exact) mass is 284 g/mol. The molecular formula is C15H28N2O3. The number of likely N-dealkylation sites (tertiary alicyclic amines) is 1. The number of esters is 1. The second-order valence-electron chi connectivity index (χ2n) is 5.26. The van der Waals surface area contributed by atoms with Crippen molar-refractivity contribution in [3.63, 3.8) is 0 Å². The lowest BCUT2D eigenvalue weighted by atomic mass is 10.1. The molecule has 1 amide bonds. The molecule has 0 atom stereocenters. The molecule has 0 unspecified atom stereocenters. The van der Waals surface area contributed by atoms with Crippen molar-refractivity contribution in [2.45, 2.75) is 51.9 Å². The molecule has 20 heavy (non-hydrogen) atoms. The highest BCUT2D eigenvalue weighted by Crippen LogP contribution is 2.10. The number of rotatable bonds is 7. The van der Waals surface area contributed by atoms with Crippen molar-refractivity contribution >= 4 is 11.9 Å². The topological polar surface area (TPSA) is 58.6 Å². The minimum absolute atomic E-state index is 0.0244. The van der Waals surface area contributed by atoms with Crippen LogP contribution in [-0.2, 0) is 14.3 Å². The number of hydrogen-bond acceptors (Lipinski definition) is 4. The average molecular weight is 284 g/mol. The van der Waals surface area contributed by atoms with Crippen molar-refractivity contribution in [1.29, 1.82) is 0 Å². The van der Waals surface area contributed by atoms with Crippen LogP contribution in [0.3, 0.4) is 0 Å². The van der Waals surface area contributed by atoms with Crippen LogP contribution in [0.5, 0.6) is 0 Å². The molecule has 5 heteroatoms. The third kappa shape index (κ3) is 8.15. The largest absolute Gasteiger partial charge is 0.466 e. The molecule has 0 aromatic heterocycles. The van der Waals surface area contributed by atoms with Crippen LogP contribution in [0, 0.1) is 0 Å². The van der Waals surface area contributed by atoms with E-state index in [4.69, 9.17) is 4.74 Å². The van der Waals surface area contributed by atoms with Gasteiger partial charge in [-0.2, -0.15) is 0 Å². The van der Waals surface area contributed by atoms with Gasteiger partial charge in [-0.15, -0.1) is 0 Å². The van der Waals surface area contributed by atoms with Crippen molar-refractivity contribution in [2.75, 3.05) is 32.8 Å². The highest BCUT2D eigenvalue weighted by atomic mass is 16.5. The summed E-state index contributed by atoms with van der Waals surface area (Å²) < 4.78 is 4.81. The first-order chi connectivity index (χ1) is 9.72. The summed E-state index contributed by atoms with van der Waals surface area (Å²) in [6.45, 7) is 5.58. The Morgan fingerprint density at radius 2 is 1.70 bits per heavy atom. The molecule has 0 bridgehead atoms. The van der Waals surface area contributed by atoms with E-state index in [1.807, 2.05) is 0 Å². The molecular weight excluding hydrogens is 256 g/mol. The SMILES string of the molecule is CCOC(=O)CCNC(=O)CCN1CCCCCCC1.